The summed E-state index contributed by atoms with van der Waals surface area (Å²) in [5.41, 5.74) is 2.93. The van der Waals surface area contributed by atoms with Crippen molar-refractivity contribution in [1.29, 1.82) is 0 Å². The van der Waals surface area contributed by atoms with Gasteiger partial charge >= 0.3 is 0 Å². The van der Waals surface area contributed by atoms with Gasteiger partial charge in [0, 0.05) is 18.6 Å². The van der Waals surface area contributed by atoms with Crippen LogP contribution in [0.25, 0.3) is 0 Å². The molecule has 1 fully saturated rings. The molecule has 0 aromatic heterocycles. The molecule has 1 amide bonds. The highest BCUT2D eigenvalue weighted by Crippen LogP contribution is 2.16. The van der Waals surface area contributed by atoms with Crippen molar-refractivity contribution < 1.29 is 19.5 Å². The number of phenolic OH excluding ortho intramolecular Hbond substituents is 1. The van der Waals surface area contributed by atoms with Crippen LogP contribution >= 0.6 is 0 Å². The Morgan fingerprint density at radius 3 is 3.00 bits per heavy atom. The highest BCUT2D eigenvalue weighted by atomic mass is 16.8. The lowest BCUT2D eigenvalue weighted by Gasteiger charge is -2.22. The minimum absolute atomic E-state index is 0.0827. The number of hydrogen-bond acceptors (Lipinski definition) is 4. The summed E-state index contributed by atoms with van der Waals surface area (Å²) in [4.78, 5) is 16.8. The molecule has 1 aliphatic rings. The van der Waals surface area contributed by atoms with E-state index in [1.807, 2.05) is 0 Å². The number of ether oxygens (including phenoxy) is 1. The molecule has 5 nitrogen and oxygen atoms in total. The zero-order chi connectivity index (χ0) is 12.8. The van der Waals surface area contributed by atoms with Gasteiger partial charge in [0.25, 0.3) is 0 Å². The Balaban J connectivity index is 1.76. The number of phenols is 1. The molecule has 0 saturated carbocycles. The van der Waals surface area contributed by atoms with Crippen LogP contribution in [-0.2, 0) is 20.8 Å². The highest BCUT2D eigenvalue weighted by Gasteiger charge is 2.16. The fourth-order valence-electron chi connectivity index (χ4n) is 1.80. The maximum atomic E-state index is 11.6. The second-order valence-corrected chi connectivity index (χ2v) is 4.24. The number of carbonyl (C=O) groups is 1. The van der Waals surface area contributed by atoms with Gasteiger partial charge in [0.1, 0.15) is 5.75 Å². The van der Waals surface area contributed by atoms with Crippen LogP contribution in [0.2, 0.25) is 0 Å². The van der Waals surface area contributed by atoms with Gasteiger partial charge in [-0.3, -0.25) is 4.79 Å². The molecule has 1 aromatic carbocycles. The van der Waals surface area contributed by atoms with Crippen molar-refractivity contribution in [2.24, 2.45) is 0 Å². The van der Waals surface area contributed by atoms with E-state index in [2.05, 4.69) is 5.48 Å². The van der Waals surface area contributed by atoms with Gasteiger partial charge in [-0.05, 0) is 18.9 Å². The van der Waals surface area contributed by atoms with Crippen LogP contribution in [0.1, 0.15) is 24.8 Å². The van der Waals surface area contributed by atoms with Crippen LogP contribution in [-0.4, -0.2) is 23.9 Å². The molecule has 98 valence electrons. The lowest BCUT2D eigenvalue weighted by Crippen LogP contribution is -2.33. The van der Waals surface area contributed by atoms with E-state index in [0.29, 0.717) is 12.2 Å². The quantitative estimate of drug-likeness (QED) is 0.796. The Morgan fingerprint density at radius 2 is 2.28 bits per heavy atom. The molecule has 1 heterocycles. The van der Waals surface area contributed by atoms with Crippen molar-refractivity contribution in [2.45, 2.75) is 32.0 Å². The average Bonchev–Trinajstić information content (AvgIpc) is 2.40. The zero-order valence-corrected chi connectivity index (χ0v) is 10.1. The van der Waals surface area contributed by atoms with Crippen molar-refractivity contribution in [3.05, 3.63) is 29.8 Å². The predicted molar refractivity (Wildman–Crippen MR) is 64.6 cm³/mol. The third-order valence-electron chi connectivity index (χ3n) is 2.78. The Hall–Kier alpha value is -1.59. The Bertz CT molecular complexity index is 402. The van der Waals surface area contributed by atoms with Crippen LogP contribution in [0.15, 0.2) is 24.3 Å². The second-order valence-electron chi connectivity index (χ2n) is 4.24. The first kappa shape index (κ1) is 12.9. The molecular formula is C13H17NO4. The van der Waals surface area contributed by atoms with Gasteiger partial charge in [-0.25, -0.2) is 10.3 Å². The fraction of sp³-hybridized carbons (Fsp3) is 0.462. The summed E-state index contributed by atoms with van der Waals surface area (Å²) < 4.78 is 5.32. The molecule has 1 saturated heterocycles. The minimum Gasteiger partial charge on any atom is -0.508 e. The minimum atomic E-state index is -0.355. The largest absolute Gasteiger partial charge is 0.508 e. The van der Waals surface area contributed by atoms with Crippen molar-refractivity contribution in [3.63, 3.8) is 0 Å². The molecule has 2 rings (SSSR count). The molecule has 0 spiro atoms. The zero-order valence-electron chi connectivity index (χ0n) is 10.1. The monoisotopic (exact) mass is 251 g/mol. The van der Waals surface area contributed by atoms with Gasteiger partial charge in [0.15, 0.2) is 6.29 Å². The lowest BCUT2D eigenvalue weighted by atomic mass is 10.1. The molecule has 5 heteroatoms. The number of rotatable bonds is 4. The molecule has 0 unspecified atom stereocenters. The van der Waals surface area contributed by atoms with Gasteiger partial charge < -0.3 is 9.84 Å². The summed E-state index contributed by atoms with van der Waals surface area (Å²) >= 11 is 0. The highest BCUT2D eigenvalue weighted by molar-refractivity contribution is 5.78. The smallest absolute Gasteiger partial charge is 0.248 e. The summed E-state index contributed by atoms with van der Waals surface area (Å²) in [6.07, 6.45) is 2.59. The third kappa shape index (κ3) is 3.72. The normalized spacial score (nSPS) is 19.4. The summed E-state index contributed by atoms with van der Waals surface area (Å²) in [5.74, 6) is -0.188. The van der Waals surface area contributed by atoms with E-state index >= 15 is 0 Å². The van der Waals surface area contributed by atoms with E-state index in [0.717, 1.165) is 19.3 Å². The standard InChI is InChI=1S/C13H17NO4/c15-11-6-2-1-5-10(11)9-12(16)14-18-13-7-3-4-8-17-13/h1-2,5-6,13,15H,3-4,7-9H2,(H,14,16)/t13-/m1/s1. The number of benzene rings is 1. The topological polar surface area (TPSA) is 67.8 Å². The summed E-state index contributed by atoms with van der Waals surface area (Å²) in [6, 6.07) is 6.73. The van der Waals surface area contributed by atoms with E-state index < -0.39 is 0 Å². The molecule has 1 aliphatic heterocycles. The number of aromatic hydroxyl groups is 1. The molecule has 0 bridgehead atoms. The van der Waals surface area contributed by atoms with Gasteiger partial charge in [0.2, 0.25) is 5.91 Å². The van der Waals surface area contributed by atoms with Crippen LogP contribution in [0, 0.1) is 0 Å². The summed E-state index contributed by atoms with van der Waals surface area (Å²) in [6.45, 7) is 0.667. The van der Waals surface area contributed by atoms with Crippen molar-refractivity contribution >= 4 is 5.91 Å². The van der Waals surface area contributed by atoms with E-state index in [-0.39, 0.29) is 24.4 Å². The first-order valence-corrected chi connectivity index (χ1v) is 6.08. The number of nitrogens with one attached hydrogen (secondary N) is 1. The molecule has 1 aromatic rings. The van der Waals surface area contributed by atoms with E-state index in [1.165, 1.54) is 0 Å². The molecule has 1 atom stereocenters. The van der Waals surface area contributed by atoms with Gasteiger partial charge in [-0.15, -0.1) is 0 Å². The lowest BCUT2D eigenvalue weighted by molar-refractivity contribution is -0.200. The molecule has 0 radical (unpaired) electrons. The average molecular weight is 251 g/mol. The van der Waals surface area contributed by atoms with Gasteiger partial charge in [0.05, 0.1) is 6.42 Å². The van der Waals surface area contributed by atoms with Crippen molar-refractivity contribution in [1.82, 2.24) is 5.48 Å². The summed E-state index contributed by atoms with van der Waals surface area (Å²) in [7, 11) is 0. The van der Waals surface area contributed by atoms with Crippen molar-refractivity contribution in [3.8, 4) is 5.75 Å². The van der Waals surface area contributed by atoms with Crippen LogP contribution < -0.4 is 5.48 Å². The predicted octanol–water partition coefficient (Wildman–Crippen LogP) is 1.51. The first-order chi connectivity index (χ1) is 8.75. The molecule has 2 N–H and O–H groups in total. The van der Waals surface area contributed by atoms with Crippen LogP contribution in [0.3, 0.4) is 0 Å². The number of amides is 1. The Kier molecular flexibility index (Phi) is 4.55. The van der Waals surface area contributed by atoms with Crippen molar-refractivity contribution in [2.75, 3.05) is 6.61 Å². The maximum absolute atomic E-state index is 11.6. The Morgan fingerprint density at radius 1 is 1.44 bits per heavy atom. The van der Waals surface area contributed by atoms with Gasteiger partial charge in [-0.2, -0.15) is 0 Å². The maximum Gasteiger partial charge on any atom is 0.248 e. The summed E-state index contributed by atoms with van der Waals surface area (Å²) in [5, 5.41) is 9.53. The number of carbonyl (C=O) groups excluding carboxylic acids is 1. The molecule has 0 aliphatic carbocycles. The van der Waals surface area contributed by atoms with Crippen LogP contribution in [0.4, 0.5) is 0 Å². The number of para-hydroxylation sites is 1. The van der Waals surface area contributed by atoms with E-state index in [1.54, 1.807) is 24.3 Å². The second kappa shape index (κ2) is 6.37. The van der Waals surface area contributed by atoms with E-state index in [4.69, 9.17) is 9.57 Å². The molecular weight excluding hydrogens is 234 g/mol. The molecule has 18 heavy (non-hydrogen) atoms. The number of hydrogen-bond donors (Lipinski definition) is 2. The SMILES string of the molecule is O=C(Cc1ccccc1O)NO[C@@H]1CCCCO1. The third-order valence-corrected chi connectivity index (χ3v) is 2.78. The fourth-order valence-corrected chi connectivity index (χ4v) is 1.80. The van der Waals surface area contributed by atoms with E-state index in [9.17, 15) is 9.90 Å². The first-order valence-electron chi connectivity index (χ1n) is 6.08. The Labute approximate surface area is 106 Å². The van der Waals surface area contributed by atoms with Crippen LogP contribution in [0.5, 0.6) is 5.75 Å². The number of hydroxylamine groups is 1. The van der Waals surface area contributed by atoms with Gasteiger partial charge in [-0.1, -0.05) is 18.2 Å².